The Bertz CT molecular complexity index is 612. The van der Waals surface area contributed by atoms with Crippen molar-refractivity contribution < 1.29 is 14.0 Å². The lowest BCUT2D eigenvalue weighted by atomic mass is 10.2. The molecule has 2 aromatic rings. The molecule has 2 heterocycles. The van der Waals surface area contributed by atoms with Crippen LogP contribution in [0.2, 0.25) is 5.02 Å². The Morgan fingerprint density at radius 3 is 2.85 bits per heavy atom. The van der Waals surface area contributed by atoms with Crippen molar-refractivity contribution in [3.63, 3.8) is 0 Å². The number of nitrogens with one attached hydrogen (secondary N) is 1. The number of hydrogen-bond donors (Lipinski definition) is 1. The fourth-order valence-electron chi connectivity index (χ4n) is 2.10. The largest absolute Gasteiger partial charge is 0.486 e. The standard InChI is InChI=1S/C14H15ClN2O3/c1-9-4-11(20-17-9)8-16-7-10-5-12(15)14-13(6-10)18-2-3-19-14/h4-6,16H,2-3,7-8H2,1H3. The molecule has 0 amide bonds. The summed E-state index contributed by atoms with van der Waals surface area (Å²) in [5, 5.41) is 7.70. The van der Waals surface area contributed by atoms with E-state index in [1.54, 1.807) is 0 Å². The first-order chi connectivity index (χ1) is 9.72. The minimum absolute atomic E-state index is 0.537. The molecule has 0 spiro atoms. The van der Waals surface area contributed by atoms with Crippen LogP contribution in [0.1, 0.15) is 17.0 Å². The number of hydrogen-bond acceptors (Lipinski definition) is 5. The minimum atomic E-state index is 0.537. The van der Waals surface area contributed by atoms with Gasteiger partial charge in [-0.25, -0.2) is 0 Å². The summed E-state index contributed by atoms with van der Waals surface area (Å²) in [5.74, 6) is 2.15. The molecular formula is C14H15ClN2O3. The molecule has 5 nitrogen and oxygen atoms in total. The molecule has 1 N–H and O–H groups in total. The second-order valence-electron chi connectivity index (χ2n) is 4.64. The molecular weight excluding hydrogens is 280 g/mol. The van der Waals surface area contributed by atoms with Gasteiger partial charge < -0.3 is 19.3 Å². The van der Waals surface area contributed by atoms with Gasteiger partial charge in [-0.1, -0.05) is 16.8 Å². The van der Waals surface area contributed by atoms with Crippen LogP contribution in [0.25, 0.3) is 0 Å². The third-order valence-electron chi connectivity index (χ3n) is 2.96. The van der Waals surface area contributed by atoms with Crippen LogP contribution >= 0.6 is 11.6 Å². The lowest BCUT2D eigenvalue weighted by Gasteiger charge is -2.20. The molecule has 1 aliphatic rings. The van der Waals surface area contributed by atoms with Crippen molar-refractivity contribution in [2.75, 3.05) is 13.2 Å². The number of rotatable bonds is 4. The van der Waals surface area contributed by atoms with Gasteiger partial charge in [-0.15, -0.1) is 0 Å². The van der Waals surface area contributed by atoms with Crippen LogP contribution in [0.5, 0.6) is 11.5 Å². The minimum Gasteiger partial charge on any atom is -0.486 e. The summed E-state index contributed by atoms with van der Waals surface area (Å²) in [6.45, 7) is 4.27. The monoisotopic (exact) mass is 294 g/mol. The first-order valence-corrected chi connectivity index (χ1v) is 6.81. The predicted molar refractivity (Wildman–Crippen MR) is 74.2 cm³/mol. The summed E-state index contributed by atoms with van der Waals surface area (Å²) in [4.78, 5) is 0. The van der Waals surface area contributed by atoms with Crippen molar-refractivity contribution in [1.82, 2.24) is 10.5 Å². The van der Waals surface area contributed by atoms with E-state index >= 15 is 0 Å². The number of halogens is 1. The number of aryl methyl sites for hydroxylation is 1. The maximum Gasteiger partial charge on any atom is 0.179 e. The Morgan fingerprint density at radius 1 is 1.20 bits per heavy atom. The quantitative estimate of drug-likeness (QED) is 0.939. The zero-order valence-electron chi connectivity index (χ0n) is 11.1. The Balaban J connectivity index is 1.64. The number of nitrogens with zero attached hydrogens (tertiary/aromatic N) is 1. The summed E-state index contributed by atoms with van der Waals surface area (Å²) >= 11 is 6.19. The SMILES string of the molecule is Cc1cc(CNCc2cc(Cl)c3c(c2)OCCO3)on1. The highest BCUT2D eigenvalue weighted by Crippen LogP contribution is 2.38. The lowest BCUT2D eigenvalue weighted by Crippen LogP contribution is -2.17. The highest BCUT2D eigenvalue weighted by Gasteiger charge is 2.16. The van der Waals surface area contributed by atoms with Crippen molar-refractivity contribution in [3.8, 4) is 11.5 Å². The molecule has 20 heavy (non-hydrogen) atoms. The molecule has 0 saturated heterocycles. The first kappa shape index (κ1) is 13.3. The number of benzene rings is 1. The topological polar surface area (TPSA) is 56.5 Å². The summed E-state index contributed by atoms with van der Waals surface area (Å²) in [7, 11) is 0. The van der Waals surface area contributed by atoms with Crippen molar-refractivity contribution in [1.29, 1.82) is 0 Å². The third-order valence-corrected chi connectivity index (χ3v) is 3.24. The molecule has 1 aromatic heterocycles. The van der Waals surface area contributed by atoms with Crippen molar-refractivity contribution >= 4 is 11.6 Å². The van der Waals surface area contributed by atoms with Gasteiger partial charge in [-0.3, -0.25) is 0 Å². The molecule has 6 heteroatoms. The fourth-order valence-corrected chi connectivity index (χ4v) is 2.38. The van der Waals surface area contributed by atoms with E-state index in [1.807, 2.05) is 25.1 Å². The van der Waals surface area contributed by atoms with Crippen LogP contribution in [-0.4, -0.2) is 18.4 Å². The third kappa shape index (κ3) is 2.89. The van der Waals surface area contributed by atoms with Crippen LogP contribution in [0.3, 0.4) is 0 Å². The van der Waals surface area contributed by atoms with Crippen LogP contribution in [-0.2, 0) is 13.1 Å². The van der Waals surface area contributed by atoms with Gasteiger partial charge in [0.05, 0.1) is 17.3 Å². The van der Waals surface area contributed by atoms with Crippen LogP contribution in [0.15, 0.2) is 22.7 Å². The highest BCUT2D eigenvalue weighted by molar-refractivity contribution is 6.32. The Labute approximate surface area is 121 Å². The van der Waals surface area contributed by atoms with Crippen LogP contribution < -0.4 is 14.8 Å². The van der Waals surface area contributed by atoms with Gasteiger partial charge in [-0.05, 0) is 24.6 Å². The second-order valence-corrected chi connectivity index (χ2v) is 5.05. The molecule has 3 rings (SSSR count). The van der Waals surface area contributed by atoms with E-state index < -0.39 is 0 Å². The fraction of sp³-hybridized carbons (Fsp3) is 0.357. The van der Waals surface area contributed by atoms with Gasteiger partial charge in [0.25, 0.3) is 0 Å². The van der Waals surface area contributed by atoms with Crippen molar-refractivity contribution in [2.24, 2.45) is 0 Å². The molecule has 1 aliphatic heterocycles. The predicted octanol–water partition coefficient (Wildman–Crippen LogP) is 2.70. The van der Waals surface area contributed by atoms with Crippen LogP contribution in [0, 0.1) is 6.92 Å². The molecule has 0 unspecified atom stereocenters. The molecule has 0 saturated carbocycles. The van der Waals surface area contributed by atoms with Crippen molar-refractivity contribution in [3.05, 3.63) is 40.2 Å². The van der Waals surface area contributed by atoms with Gasteiger partial charge in [0.2, 0.25) is 0 Å². The first-order valence-electron chi connectivity index (χ1n) is 6.43. The molecule has 1 aromatic carbocycles. The lowest BCUT2D eigenvalue weighted by molar-refractivity contribution is 0.171. The summed E-state index contributed by atoms with van der Waals surface area (Å²) in [6.07, 6.45) is 0. The second kappa shape index (κ2) is 5.73. The smallest absolute Gasteiger partial charge is 0.179 e. The number of fused-ring (bicyclic) bond motifs is 1. The van der Waals surface area contributed by atoms with Gasteiger partial charge >= 0.3 is 0 Å². The number of aromatic nitrogens is 1. The van der Waals surface area contributed by atoms with E-state index in [0.29, 0.717) is 42.8 Å². The molecule has 0 fully saturated rings. The zero-order chi connectivity index (χ0) is 13.9. The Morgan fingerprint density at radius 2 is 2.05 bits per heavy atom. The zero-order valence-corrected chi connectivity index (χ0v) is 11.9. The maximum atomic E-state index is 6.19. The van der Waals surface area contributed by atoms with E-state index in [0.717, 1.165) is 17.0 Å². The van der Waals surface area contributed by atoms with Crippen molar-refractivity contribution in [2.45, 2.75) is 20.0 Å². The Kier molecular flexibility index (Phi) is 3.80. The van der Waals surface area contributed by atoms with E-state index in [-0.39, 0.29) is 0 Å². The average Bonchev–Trinajstić information content (AvgIpc) is 2.85. The summed E-state index contributed by atoms with van der Waals surface area (Å²) < 4.78 is 16.2. The molecule has 106 valence electrons. The van der Waals surface area contributed by atoms with E-state index in [1.165, 1.54) is 0 Å². The van der Waals surface area contributed by atoms with E-state index in [9.17, 15) is 0 Å². The summed E-state index contributed by atoms with van der Waals surface area (Å²) in [6, 6.07) is 5.73. The molecule has 0 aliphatic carbocycles. The number of ether oxygens (including phenoxy) is 2. The van der Waals surface area contributed by atoms with Gasteiger partial charge in [-0.2, -0.15) is 0 Å². The van der Waals surface area contributed by atoms with E-state index in [4.69, 9.17) is 25.6 Å². The van der Waals surface area contributed by atoms with Gasteiger partial charge in [0, 0.05) is 12.6 Å². The van der Waals surface area contributed by atoms with Gasteiger partial charge in [0.15, 0.2) is 17.3 Å². The van der Waals surface area contributed by atoms with Gasteiger partial charge in [0.1, 0.15) is 13.2 Å². The molecule has 0 radical (unpaired) electrons. The molecule has 0 bridgehead atoms. The van der Waals surface area contributed by atoms with E-state index in [2.05, 4.69) is 10.5 Å². The summed E-state index contributed by atoms with van der Waals surface area (Å²) in [5.41, 5.74) is 1.92. The average molecular weight is 295 g/mol. The normalized spacial score (nSPS) is 13.5. The highest BCUT2D eigenvalue weighted by atomic mass is 35.5. The maximum absolute atomic E-state index is 6.19. The van der Waals surface area contributed by atoms with Crippen LogP contribution in [0.4, 0.5) is 0 Å². The molecule has 0 atom stereocenters. The Hall–Kier alpha value is -1.72.